The molecule has 0 N–H and O–H groups in total. The summed E-state index contributed by atoms with van der Waals surface area (Å²) in [4.78, 5) is 18.8. The standard InChI is InChI=1S/C55H38N4/c1-55(2)50-33-30-46(34-49(50)48-32-31-47(56-3)35-51(48)55)42-16-14-40(15-17-42)41-22-28-45(29-23-41)54-58-52(43-24-18-38(19-25-43)36-10-6-4-7-11-36)57-53(59-54)44-26-20-39(21-27-44)37-12-8-5-9-13-37/h4-35H,1-2H3. The summed E-state index contributed by atoms with van der Waals surface area (Å²) in [6, 6.07) is 67.7. The largest absolute Gasteiger partial charge is 0.238 e. The highest BCUT2D eigenvalue weighted by atomic mass is 15.0. The van der Waals surface area contributed by atoms with Gasteiger partial charge in [-0.15, -0.1) is 0 Å². The predicted octanol–water partition coefficient (Wildman–Crippen LogP) is 14.4. The Bertz CT molecular complexity index is 2920. The molecule has 1 aromatic heterocycles. The summed E-state index contributed by atoms with van der Waals surface area (Å²) in [5, 5.41) is 0. The van der Waals surface area contributed by atoms with Crippen LogP contribution in [0.3, 0.4) is 0 Å². The minimum Gasteiger partial charge on any atom is -0.238 e. The Hall–Kier alpha value is -7.74. The van der Waals surface area contributed by atoms with Gasteiger partial charge in [-0.3, -0.25) is 0 Å². The molecule has 0 spiro atoms. The van der Waals surface area contributed by atoms with Crippen LogP contribution in [0.4, 0.5) is 5.69 Å². The lowest BCUT2D eigenvalue weighted by Gasteiger charge is -2.21. The van der Waals surface area contributed by atoms with Crippen LogP contribution in [0.5, 0.6) is 0 Å². The van der Waals surface area contributed by atoms with Crippen LogP contribution in [-0.2, 0) is 5.41 Å². The van der Waals surface area contributed by atoms with E-state index in [-0.39, 0.29) is 5.41 Å². The number of fused-ring (bicyclic) bond motifs is 3. The van der Waals surface area contributed by atoms with Crippen molar-refractivity contribution in [3.05, 3.63) is 217 Å². The average molecular weight is 755 g/mol. The number of hydrogen-bond donors (Lipinski definition) is 0. The molecular weight excluding hydrogens is 717 g/mol. The van der Waals surface area contributed by atoms with Crippen molar-refractivity contribution in [2.45, 2.75) is 19.3 Å². The second-order valence-electron chi connectivity index (χ2n) is 15.6. The van der Waals surface area contributed by atoms with Gasteiger partial charge in [0.25, 0.3) is 0 Å². The number of hydrogen-bond acceptors (Lipinski definition) is 3. The van der Waals surface area contributed by atoms with Crippen molar-refractivity contribution in [3.8, 4) is 89.8 Å². The third kappa shape index (κ3) is 6.69. The topological polar surface area (TPSA) is 43.0 Å². The monoisotopic (exact) mass is 754 g/mol. The van der Waals surface area contributed by atoms with E-state index in [0.29, 0.717) is 23.2 Å². The first-order chi connectivity index (χ1) is 28.9. The molecule has 0 radical (unpaired) electrons. The summed E-state index contributed by atoms with van der Waals surface area (Å²) >= 11 is 0. The van der Waals surface area contributed by atoms with Crippen LogP contribution >= 0.6 is 0 Å². The molecule has 8 aromatic carbocycles. The Balaban J connectivity index is 0.953. The molecule has 4 heteroatoms. The maximum atomic E-state index is 7.52. The van der Waals surface area contributed by atoms with Gasteiger partial charge in [0.05, 0.1) is 6.57 Å². The third-order valence-electron chi connectivity index (χ3n) is 11.6. The lowest BCUT2D eigenvalue weighted by Crippen LogP contribution is -2.14. The van der Waals surface area contributed by atoms with E-state index in [9.17, 15) is 0 Å². The van der Waals surface area contributed by atoms with E-state index in [0.717, 1.165) is 44.5 Å². The Kier molecular flexibility index (Phi) is 8.85. The maximum Gasteiger partial charge on any atom is 0.187 e. The molecule has 0 unspecified atom stereocenters. The fourth-order valence-electron chi connectivity index (χ4n) is 8.31. The Morgan fingerprint density at radius 3 is 1.10 bits per heavy atom. The zero-order valence-corrected chi connectivity index (χ0v) is 32.8. The SMILES string of the molecule is [C-]#[N+]c1ccc2c(c1)C(C)(C)c1ccc(-c3ccc(-c4ccc(-c5nc(-c6ccc(-c7ccccc7)cc6)nc(-c6ccc(-c7ccccc7)cc6)n5)cc4)cc3)cc1-2. The molecule has 0 saturated heterocycles. The maximum absolute atomic E-state index is 7.52. The van der Waals surface area contributed by atoms with Gasteiger partial charge in [0, 0.05) is 22.1 Å². The van der Waals surface area contributed by atoms with E-state index >= 15 is 0 Å². The summed E-state index contributed by atoms with van der Waals surface area (Å²) in [7, 11) is 0. The van der Waals surface area contributed by atoms with Crippen molar-refractivity contribution in [2.75, 3.05) is 0 Å². The van der Waals surface area contributed by atoms with Gasteiger partial charge in [0.2, 0.25) is 0 Å². The molecule has 1 aliphatic carbocycles. The zero-order valence-electron chi connectivity index (χ0n) is 32.8. The van der Waals surface area contributed by atoms with Crippen LogP contribution in [0.2, 0.25) is 0 Å². The van der Waals surface area contributed by atoms with Crippen molar-refractivity contribution in [1.29, 1.82) is 0 Å². The molecule has 9 aromatic rings. The van der Waals surface area contributed by atoms with Gasteiger partial charge in [-0.1, -0.05) is 202 Å². The fraction of sp³-hybridized carbons (Fsp3) is 0.0545. The lowest BCUT2D eigenvalue weighted by atomic mass is 9.82. The molecule has 4 nitrogen and oxygen atoms in total. The number of nitrogens with zero attached hydrogens (tertiary/aromatic N) is 4. The van der Waals surface area contributed by atoms with Gasteiger partial charge in [0.15, 0.2) is 23.2 Å². The molecule has 1 aliphatic rings. The molecule has 10 rings (SSSR count). The minimum absolute atomic E-state index is 0.146. The first-order valence-corrected chi connectivity index (χ1v) is 19.9. The van der Waals surface area contributed by atoms with Crippen LogP contribution in [-0.4, -0.2) is 15.0 Å². The minimum atomic E-state index is -0.146. The van der Waals surface area contributed by atoms with Crippen molar-refractivity contribution in [3.63, 3.8) is 0 Å². The molecule has 0 aliphatic heterocycles. The van der Waals surface area contributed by atoms with E-state index < -0.39 is 0 Å². The molecule has 0 saturated carbocycles. The van der Waals surface area contributed by atoms with E-state index in [4.69, 9.17) is 21.5 Å². The summed E-state index contributed by atoms with van der Waals surface area (Å²) in [5.41, 5.74) is 17.5. The van der Waals surface area contributed by atoms with Crippen LogP contribution in [0.1, 0.15) is 25.0 Å². The van der Waals surface area contributed by atoms with Crippen LogP contribution in [0.25, 0.3) is 94.6 Å². The normalized spacial score (nSPS) is 12.4. The molecule has 0 fully saturated rings. The van der Waals surface area contributed by atoms with Crippen LogP contribution in [0.15, 0.2) is 194 Å². The van der Waals surface area contributed by atoms with E-state index in [1.54, 1.807) is 0 Å². The quantitative estimate of drug-likeness (QED) is 0.152. The number of rotatable bonds is 7. The van der Waals surface area contributed by atoms with Gasteiger partial charge < -0.3 is 0 Å². The summed E-state index contributed by atoms with van der Waals surface area (Å²) in [5.74, 6) is 1.88. The predicted molar refractivity (Wildman–Crippen MR) is 242 cm³/mol. The van der Waals surface area contributed by atoms with Crippen molar-refractivity contribution in [1.82, 2.24) is 15.0 Å². The van der Waals surface area contributed by atoms with E-state index in [1.807, 2.05) is 18.2 Å². The Morgan fingerprint density at radius 1 is 0.339 bits per heavy atom. The Morgan fingerprint density at radius 2 is 0.695 bits per heavy atom. The van der Waals surface area contributed by atoms with Gasteiger partial charge in [-0.2, -0.15) is 0 Å². The smallest absolute Gasteiger partial charge is 0.187 e. The average Bonchev–Trinajstić information content (AvgIpc) is 3.54. The van der Waals surface area contributed by atoms with Gasteiger partial charge >= 0.3 is 0 Å². The van der Waals surface area contributed by atoms with Gasteiger partial charge in [-0.05, 0) is 72.8 Å². The van der Waals surface area contributed by atoms with Crippen molar-refractivity contribution < 1.29 is 0 Å². The first kappa shape index (κ1) is 35.7. The molecule has 278 valence electrons. The van der Waals surface area contributed by atoms with Crippen LogP contribution < -0.4 is 0 Å². The second kappa shape index (κ2) is 14.6. The zero-order chi connectivity index (χ0) is 39.9. The summed E-state index contributed by atoms with van der Waals surface area (Å²) in [6.45, 7) is 12.0. The molecule has 1 heterocycles. The Labute approximate surface area is 345 Å². The fourth-order valence-corrected chi connectivity index (χ4v) is 8.31. The summed E-state index contributed by atoms with van der Waals surface area (Å²) in [6.07, 6.45) is 0. The summed E-state index contributed by atoms with van der Waals surface area (Å²) < 4.78 is 0. The number of aromatic nitrogens is 3. The molecule has 59 heavy (non-hydrogen) atoms. The molecule has 0 amide bonds. The van der Waals surface area contributed by atoms with Gasteiger partial charge in [0.1, 0.15) is 0 Å². The van der Waals surface area contributed by atoms with Crippen molar-refractivity contribution >= 4 is 5.69 Å². The van der Waals surface area contributed by atoms with E-state index in [1.165, 1.54) is 38.9 Å². The molecular formula is C55H38N4. The lowest BCUT2D eigenvalue weighted by molar-refractivity contribution is 0.661. The first-order valence-electron chi connectivity index (χ1n) is 19.9. The van der Waals surface area contributed by atoms with Gasteiger partial charge in [-0.25, -0.2) is 19.8 Å². The second-order valence-corrected chi connectivity index (χ2v) is 15.6. The third-order valence-corrected chi connectivity index (χ3v) is 11.6. The molecule has 0 atom stereocenters. The van der Waals surface area contributed by atoms with Crippen molar-refractivity contribution in [2.24, 2.45) is 0 Å². The van der Waals surface area contributed by atoms with E-state index in [2.05, 4.69) is 195 Å². The number of benzene rings is 8. The highest BCUT2D eigenvalue weighted by Crippen LogP contribution is 2.50. The highest BCUT2D eigenvalue weighted by molar-refractivity contribution is 5.86. The van der Waals surface area contributed by atoms with Crippen LogP contribution in [0, 0.1) is 6.57 Å². The highest BCUT2D eigenvalue weighted by Gasteiger charge is 2.35. The molecule has 0 bridgehead atoms.